The monoisotopic (exact) mass is 1760 g/mol. The molecule has 4 amide bonds. The van der Waals surface area contributed by atoms with E-state index in [2.05, 4.69) is 119 Å². The van der Waals surface area contributed by atoms with Gasteiger partial charge < -0.3 is 30.2 Å². The molecule has 648 valence electrons. The van der Waals surface area contributed by atoms with Crippen LogP contribution < -0.4 is 52.3 Å². The number of nitrogens with one attached hydrogen (secondary N) is 8. The number of hydrogen-bond acceptors (Lipinski definition) is 28. The van der Waals surface area contributed by atoms with E-state index >= 15 is 0 Å². The molecule has 2 aliphatic heterocycles. The van der Waals surface area contributed by atoms with Gasteiger partial charge in [-0.25, -0.2) is 29.9 Å². The van der Waals surface area contributed by atoms with Gasteiger partial charge in [0, 0.05) is 58.9 Å². The Kier molecular flexibility index (Phi) is 24.7. The molecule has 0 spiro atoms. The van der Waals surface area contributed by atoms with Crippen LogP contribution in [0.15, 0.2) is 332 Å². The number of para-hydroxylation sites is 8. The highest BCUT2D eigenvalue weighted by molar-refractivity contribution is 7.12. The molecule has 2 aliphatic rings. The van der Waals surface area contributed by atoms with Crippen molar-refractivity contribution in [3.8, 4) is 22.7 Å². The van der Waals surface area contributed by atoms with Gasteiger partial charge in [0.05, 0.1) is 56.0 Å². The molecule has 0 radical (unpaired) electrons. The van der Waals surface area contributed by atoms with Crippen LogP contribution in [0.3, 0.4) is 0 Å². The highest BCUT2D eigenvalue weighted by Crippen LogP contribution is 2.34. The van der Waals surface area contributed by atoms with Crippen molar-refractivity contribution in [3.63, 3.8) is 0 Å². The van der Waals surface area contributed by atoms with Crippen LogP contribution in [0.1, 0.15) is 66.6 Å². The van der Waals surface area contributed by atoms with Crippen molar-refractivity contribution >= 4 is 161 Å². The van der Waals surface area contributed by atoms with Gasteiger partial charge in [0.1, 0.15) is 35.9 Å². The zero-order valence-corrected chi connectivity index (χ0v) is 70.9. The Balaban J connectivity index is 0.000000114. The third-order valence-corrected chi connectivity index (χ3v) is 21.7. The van der Waals surface area contributed by atoms with Gasteiger partial charge in [-0.15, -0.1) is 31.7 Å². The molecule has 2 saturated heterocycles. The van der Waals surface area contributed by atoms with E-state index in [1.165, 1.54) is 30.3 Å². The van der Waals surface area contributed by atoms with Gasteiger partial charge in [-0.2, -0.15) is 48.6 Å². The van der Waals surface area contributed by atoms with Crippen LogP contribution in [0, 0.1) is 0 Å². The minimum Gasteiger partial charge on any atom is -0.459 e. The fourth-order valence-corrected chi connectivity index (χ4v) is 15.2. The molecule has 0 bridgehead atoms. The van der Waals surface area contributed by atoms with Crippen molar-refractivity contribution in [1.29, 1.82) is 0 Å². The molecule has 8 N–H and O–H groups in total. The molecule has 36 heteroatoms. The van der Waals surface area contributed by atoms with Crippen LogP contribution in [0.4, 0.5) is 82.8 Å². The Bertz CT molecular complexity index is 7190. The molecule has 0 unspecified atom stereocenters. The summed E-state index contributed by atoms with van der Waals surface area (Å²) in [5.74, 6) is 5.05. The molecule has 10 aromatic carbocycles. The summed E-state index contributed by atoms with van der Waals surface area (Å²) in [6, 6.07) is 94.2. The smallest absolute Gasteiger partial charge is 0.293 e. The summed E-state index contributed by atoms with van der Waals surface area (Å²) in [5, 5.41) is 47.5. The van der Waals surface area contributed by atoms with Crippen LogP contribution in [0.25, 0.3) is 66.4 Å². The molecule has 0 atom stereocenters. The number of fused-ring (bicyclic) bond motifs is 4. The van der Waals surface area contributed by atoms with Crippen LogP contribution in [0.2, 0.25) is 0 Å². The Morgan fingerprint density at radius 3 is 1.10 bits per heavy atom. The van der Waals surface area contributed by atoms with E-state index in [0.717, 1.165) is 124 Å². The number of carbonyl (C=O) groups excluding carboxylic acids is 4. The molecule has 35 nitrogen and oxygen atoms in total. The first kappa shape index (κ1) is 83.3. The third-order valence-electron chi connectivity index (χ3n) is 20.9. The van der Waals surface area contributed by atoms with E-state index in [4.69, 9.17) is 24.4 Å². The van der Waals surface area contributed by atoms with Gasteiger partial charge in [0.2, 0.25) is 35.7 Å². The SMILES string of the molecule is O=C(Nc1nc(Nc2nc(N3CCCC3)c3ccccc3n2)n(-c2ccccc2)n1)c1ccccc1.O=C(Nc1nc(Nc2nc(N3CCCC3)nc3ccccc23)n(-c2ccccc2)n1)c1ccccc1.O=C(Nc1nc(Nc2ncnc3ccccc23)n(-c2ccccc2)n1)c1ccco1.O=C(Nc1nc(Nc2ncnc3ccccc23)n(-c2ccccc2)n1)c1cccs1. The fraction of sp³-hybridized carbons (Fsp3) is 0.0833. The first-order chi connectivity index (χ1) is 65.0. The van der Waals surface area contributed by atoms with Crippen LogP contribution >= 0.6 is 11.3 Å². The third kappa shape index (κ3) is 19.4. The predicted molar refractivity (Wildman–Crippen MR) is 507 cm³/mol. The van der Waals surface area contributed by atoms with E-state index in [-0.39, 0.29) is 47.3 Å². The van der Waals surface area contributed by atoms with Gasteiger partial charge >= 0.3 is 0 Å². The van der Waals surface area contributed by atoms with E-state index in [0.29, 0.717) is 69.1 Å². The van der Waals surface area contributed by atoms with Crippen LogP contribution in [0.5, 0.6) is 0 Å². The molecule has 2 fully saturated rings. The Morgan fingerprint density at radius 1 is 0.295 bits per heavy atom. The van der Waals surface area contributed by atoms with Crippen LogP contribution in [-0.2, 0) is 0 Å². The van der Waals surface area contributed by atoms with Gasteiger partial charge in [-0.3, -0.25) is 45.8 Å². The number of furan rings is 1. The quantitative estimate of drug-likeness (QED) is 0.0312. The number of amides is 4. The van der Waals surface area contributed by atoms with Gasteiger partial charge in [-0.05, 0) is 171 Å². The van der Waals surface area contributed by atoms with E-state index in [1.807, 2.05) is 260 Å². The number of anilines is 14. The normalized spacial score (nSPS) is 12.1. The zero-order chi connectivity index (χ0) is 89.3. The lowest BCUT2D eigenvalue weighted by Gasteiger charge is -2.19. The number of benzene rings is 10. The second kappa shape index (κ2) is 39.1. The number of aromatic nitrogens is 20. The average molecular weight is 1760 g/mol. The molecule has 12 heterocycles. The Labute approximate surface area is 755 Å². The number of nitrogens with zero attached hydrogens (tertiary/aromatic N) is 22. The first-order valence-corrected chi connectivity index (χ1v) is 43.0. The summed E-state index contributed by atoms with van der Waals surface area (Å²) in [7, 11) is 0. The first-order valence-electron chi connectivity index (χ1n) is 42.1. The molecule has 22 rings (SSSR count). The minimum absolute atomic E-state index is 0.126. The molecule has 20 aromatic rings. The second-order valence-corrected chi connectivity index (χ2v) is 30.6. The number of rotatable bonds is 22. The zero-order valence-electron chi connectivity index (χ0n) is 70.1. The second-order valence-electron chi connectivity index (χ2n) is 29.7. The topological polar surface area (TPSA) is 410 Å². The highest BCUT2D eigenvalue weighted by atomic mass is 32.1. The lowest BCUT2D eigenvalue weighted by atomic mass is 10.2. The van der Waals surface area contributed by atoms with Crippen LogP contribution in [-0.4, -0.2) is 149 Å². The summed E-state index contributed by atoms with van der Waals surface area (Å²) < 4.78 is 11.6. The van der Waals surface area contributed by atoms with Crippen molar-refractivity contribution in [1.82, 2.24) is 98.9 Å². The Morgan fingerprint density at radius 2 is 0.667 bits per heavy atom. The maximum Gasteiger partial charge on any atom is 0.293 e. The van der Waals surface area contributed by atoms with Gasteiger partial charge in [-0.1, -0.05) is 164 Å². The molecular weight excluding hydrogens is 1690 g/mol. The summed E-state index contributed by atoms with van der Waals surface area (Å²) in [6.07, 6.45) is 8.96. The van der Waals surface area contributed by atoms with Gasteiger partial charge in [0.15, 0.2) is 5.76 Å². The lowest BCUT2D eigenvalue weighted by Crippen LogP contribution is -2.21. The molecule has 10 aromatic heterocycles. The summed E-state index contributed by atoms with van der Waals surface area (Å²) in [4.78, 5) is 110. The summed E-state index contributed by atoms with van der Waals surface area (Å²) >= 11 is 1.35. The van der Waals surface area contributed by atoms with Crippen molar-refractivity contribution in [2.24, 2.45) is 0 Å². The standard InChI is InChI=1S/2C27H24N8O.C21H15N7O2.C21H15N7OS/c36-24(19-11-3-1-4-12-19)31-25-32-27(35(33-25)20-13-5-2-6-14-20)30-23-21-15-7-8-16-22(21)28-26(29-23)34-17-9-10-18-34;36-24(19-11-3-1-4-12-19)30-26-32-27(35(33-26)20-13-5-2-6-14-20)31-25-28-22-16-8-7-15-21(22)23(29-25)34-17-9-10-18-34;2*29-19(17-11-6-12-30-17)25-20-26-21(28(27-20)14-7-2-1-3-8-14)24-18-15-9-4-5-10-16(15)22-13-23-18/h2*1-8,11-16H,9-10,17-18H2,(H2,28,29,30,31,32,33,36);2*1-13H,(H2,22,23,24,25,26,27,29). The van der Waals surface area contributed by atoms with E-state index in [9.17, 15) is 19.2 Å². The summed E-state index contributed by atoms with van der Waals surface area (Å²) in [5.41, 5.74) is 7.50. The van der Waals surface area contributed by atoms with E-state index in [1.54, 1.807) is 61.2 Å². The maximum absolute atomic E-state index is 12.7. The Hall–Kier alpha value is -18.2. The average Bonchev–Trinajstić information content (AvgIpc) is 1.44. The number of hydrogen-bond donors (Lipinski definition) is 8. The minimum atomic E-state index is -0.441. The molecule has 0 aliphatic carbocycles. The van der Waals surface area contributed by atoms with Crippen molar-refractivity contribution in [2.45, 2.75) is 25.7 Å². The largest absolute Gasteiger partial charge is 0.459 e. The number of carbonyl (C=O) groups is 4. The summed E-state index contributed by atoms with van der Waals surface area (Å²) in [6.45, 7) is 3.81. The predicted octanol–water partition coefficient (Wildman–Crippen LogP) is 17.7. The van der Waals surface area contributed by atoms with Crippen molar-refractivity contribution in [3.05, 3.63) is 349 Å². The molecular formula is C96H78N30O5S. The lowest BCUT2D eigenvalue weighted by molar-refractivity contribution is 0.0992. The van der Waals surface area contributed by atoms with Crippen molar-refractivity contribution in [2.75, 3.05) is 78.5 Å². The molecule has 0 saturated carbocycles. The highest BCUT2D eigenvalue weighted by Gasteiger charge is 2.26. The molecule has 132 heavy (non-hydrogen) atoms. The van der Waals surface area contributed by atoms with E-state index < -0.39 is 5.91 Å². The van der Waals surface area contributed by atoms with Crippen molar-refractivity contribution < 1.29 is 23.6 Å². The van der Waals surface area contributed by atoms with Gasteiger partial charge in [0.25, 0.3) is 47.4 Å². The maximum atomic E-state index is 12.7. The fourth-order valence-electron chi connectivity index (χ4n) is 14.6. The number of thiophene rings is 1.